The average Bonchev–Trinajstić information content (AvgIpc) is 2.05. The van der Waals surface area contributed by atoms with Crippen LogP contribution in [0.3, 0.4) is 0 Å². The average molecular weight is 302 g/mol. The van der Waals surface area contributed by atoms with Gasteiger partial charge >= 0.3 is 93.6 Å². The molecule has 2 heteroatoms. The molecule has 0 nitrogen and oxygen atoms in total. The van der Waals surface area contributed by atoms with Gasteiger partial charge in [-0.3, -0.25) is 0 Å². The van der Waals surface area contributed by atoms with Crippen molar-refractivity contribution in [2.24, 2.45) is 0 Å². The van der Waals surface area contributed by atoms with Gasteiger partial charge < -0.3 is 0 Å². The third-order valence-corrected chi connectivity index (χ3v) is 6.12. The Labute approximate surface area is 93.4 Å². The molecule has 0 aromatic heterocycles. The van der Waals surface area contributed by atoms with E-state index in [1.54, 1.807) is 0 Å². The molecule has 2 radical (unpaired) electrons. The summed E-state index contributed by atoms with van der Waals surface area (Å²) < 4.78 is 1.04. The maximum atomic E-state index is 2.47. The zero-order valence-electron chi connectivity index (χ0n) is 9.85. The summed E-state index contributed by atoms with van der Waals surface area (Å²) >= 11 is -0.909. The zero-order valence-corrected chi connectivity index (χ0v) is 14.0. The van der Waals surface area contributed by atoms with Gasteiger partial charge in [0.15, 0.2) is 0 Å². The first-order valence-electron chi connectivity index (χ1n) is 5.27. The summed E-state index contributed by atoms with van der Waals surface area (Å²) in [6, 6.07) is 0. The van der Waals surface area contributed by atoms with Crippen molar-refractivity contribution < 1.29 is 0 Å². The van der Waals surface area contributed by atoms with Crippen LogP contribution in [-0.4, -0.2) is 28.7 Å². The van der Waals surface area contributed by atoms with Crippen molar-refractivity contribution in [3.05, 3.63) is 12.2 Å². The van der Waals surface area contributed by atoms with Crippen molar-refractivity contribution >= 4 is 28.7 Å². The van der Waals surface area contributed by atoms with Crippen molar-refractivity contribution in [2.75, 3.05) is 0 Å². The molecule has 0 aliphatic heterocycles. The Morgan fingerprint density at radius 1 is 1.08 bits per heavy atom. The van der Waals surface area contributed by atoms with Gasteiger partial charge in [0.2, 0.25) is 0 Å². The fraction of sp³-hybridized carbons (Fsp3) is 0.818. The van der Waals surface area contributed by atoms with Gasteiger partial charge in [-0.05, 0) is 0 Å². The topological polar surface area (TPSA) is 0 Å². The first kappa shape index (κ1) is 13.8. The number of hydrogen-bond acceptors (Lipinski definition) is 0. The Balaban J connectivity index is 0.000000310. The quantitative estimate of drug-likeness (QED) is 0.502. The van der Waals surface area contributed by atoms with Crippen LogP contribution in [0.5, 0.6) is 0 Å². The van der Waals surface area contributed by atoms with E-state index in [-0.39, 0.29) is 14.3 Å². The van der Waals surface area contributed by atoms with Gasteiger partial charge in [-0.1, -0.05) is 0 Å². The van der Waals surface area contributed by atoms with E-state index in [9.17, 15) is 0 Å². The molecule has 1 unspecified atom stereocenters. The minimum atomic E-state index is -0.576. The Kier molecular flexibility index (Phi) is 8.68. The summed E-state index contributed by atoms with van der Waals surface area (Å²) in [6.07, 6.45) is 9.09. The summed E-state index contributed by atoms with van der Waals surface area (Å²) in [4.78, 5) is 0. The van der Waals surface area contributed by atoms with Crippen molar-refractivity contribution in [3.63, 3.8) is 0 Å². The second-order valence-electron chi connectivity index (χ2n) is 4.54. The van der Waals surface area contributed by atoms with Gasteiger partial charge in [0.25, 0.3) is 0 Å². The fourth-order valence-electron chi connectivity index (χ4n) is 1.29. The van der Waals surface area contributed by atoms with Crippen LogP contribution in [0.1, 0.15) is 19.3 Å². The predicted molar refractivity (Wildman–Crippen MR) is 67.6 cm³/mol. The first-order chi connectivity index (χ1) is 6.04. The van der Waals surface area contributed by atoms with E-state index in [1.165, 1.54) is 19.3 Å². The van der Waals surface area contributed by atoms with Gasteiger partial charge in [-0.2, -0.15) is 0 Å². The van der Waals surface area contributed by atoms with Crippen LogP contribution in [0, 0.1) is 0 Å². The molecule has 0 saturated carbocycles. The number of allylic oxidation sites excluding steroid dienone is 2. The van der Waals surface area contributed by atoms with Crippen LogP contribution in [-0.2, 0) is 0 Å². The minimum absolute atomic E-state index is 0.333. The Bertz CT molecular complexity index is 136. The number of rotatable bonds is 1. The van der Waals surface area contributed by atoms with Crippen LogP contribution in [0.2, 0.25) is 33.5 Å². The van der Waals surface area contributed by atoms with Crippen LogP contribution >= 0.6 is 0 Å². The molecule has 1 aliphatic carbocycles. The molecule has 0 amide bonds. The summed E-state index contributed by atoms with van der Waals surface area (Å²) in [5.74, 6) is 11.9. The fourth-order valence-corrected chi connectivity index (χ4v) is 4.03. The van der Waals surface area contributed by atoms with E-state index in [4.69, 9.17) is 0 Å². The molecule has 0 fully saturated rings. The van der Waals surface area contributed by atoms with E-state index < -0.39 is 14.3 Å². The summed E-state index contributed by atoms with van der Waals surface area (Å²) in [7, 11) is 0. The standard InChI is InChI=1S/C8H15Ge.C3H9Ge/c1-9(2)8-6-4-3-5-7-8;1-4(2)3/h4,6,8H,3,5,7H2,1-2H3;1-3H3. The van der Waals surface area contributed by atoms with Crippen molar-refractivity contribution in [2.45, 2.75) is 52.8 Å². The maximum absolute atomic E-state index is 2.47. The van der Waals surface area contributed by atoms with E-state index >= 15 is 0 Å². The van der Waals surface area contributed by atoms with Crippen LogP contribution in [0.15, 0.2) is 12.2 Å². The second-order valence-corrected chi connectivity index (χ2v) is 16.9. The van der Waals surface area contributed by atoms with Crippen LogP contribution in [0.4, 0.5) is 0 Å². The molecular weight excluding hydrogens is 277 g/mol. The van der Waals surface area contributed by atoms with E-state index in [2.05, 4.69) is 40.9 Å². The normalized spacial score (nSPS) is 21.6. The molecule has 0 aromatic carbocycles. The summed E-state index contributed by atoms with van der Waals surface area (Å²) in [5, 5.41) is 0. The molecule has 0 N–H and O–H groups in total. The van der Waals surface area contributed by atoms with E-state index in [0.29, 0.717) is 0 Å². The molecule has 0 aromatic rings. The molecule has 1 rings (SSSR count). The van der Waals surface area contributed by atoms with Crippen molar-refractivity contribution in [3.8, 4) is 0 Å². The van der Waals surface area contributed by atoms with Crippen molar-refractivity contribution in [1.29, 1.82) is 0 Å². The molecule has 0 spiro atoms. The first-order valence-corrected chi connectivity index (χ1v) is 17.0. The third kappa shape index (κ3) is 9.14. The molecule has 0 bridgehead atoms. The molecule has 13 heavy (non-hydrogen) atoms. The van der Waals surface area contributed by atoms with Gasteiger partial charge in [0.05, 0.1) is 0 Å². The van der Waals surface area contributed by atoms with E-state index in [1.807, 2.05) is 0 Å². The Morgan fingerprint density at radius 2 is 1.62 bits per heavy atom. The summed E-state index contributed by atoms with van der Waals surface area (Å²) in [6.45, 7) is 0. The Hall–Kier alpha value is 0.826. The number of hydrogen-bond donors (Lipinski definition) is 0. The van der Waals surface area contributed by atoms with Gasteiger partial charge in [0.1, 0.15) is 0 Å². The van der Waals surface area contributed by atoms with Crippen LogP contribution < -0.4 is 0 Å². The predicted octanol–water partition coefficient (Wildman–Crippen LogP) is 4.22. The monoisotopic (exact) mass is 304 g/mol. The second kappa shape index (κ2) is 8.16. The van der Waals surface area contributed by atoms with Gasteiger partial charge in [-0.15, -0.1) is 0 Å². The summed E-state index contributed by atoms with van der Waals surface area (Å²) in [5.41, 5.74) is 0. The molecule has 76 valence electrons. The molecule has 1 aliphatic rings. The zero-order chi connectivity index (χ0) is 10.3. The van der Waals surface area contributed by atoms with Crippen LogP contribution in [0.25, 0.3) is 0 Å². The molecular formula is C11H24Ge2. The molecule has 0 saturated heterocycles. The van der Waals surface area contributed by atoms with Gasteiger partial charge in [-0.25, -0.2) is 0 Å². The van der Waals surface area contributed by atoms with Gasteiger partial charge in [0, 0.05) is 0 Å². The Morgan fingerprint density at radius 3 is 1.85 bits per heavy atom. The van der Waals surface area contributed by atoms with E-state index in [0.717, 1.165) is 4.75 Å². The third-order valence-electron chi connectivity index (χ3n) is 2.00. The van der Waals surface area contributed by atoms with Crippen molar-refractivity contribution in [1.82, 2.24) is 0 Å². The SMILES string of the molecule is [CH3][Ge]([CH3])[CH3].[CH3][Ge]([CH3])[CH]1C=CCCC1. The molecule has 1 atom stereocenters. The molecule has 0 heterocycles.